The SMILES string of the molecule is Cc1nc(CCCC(=O)N2C[C@H]3CNC[C@H]3C2)cs1. The molecule has 5 heteroatoms. The summed E-state index contributed by atoms with van der Waals surface area (Å²) in [4.78, 5) is 18.7. The average molecular weight is 279 g/mol. The van der Waals surface area contributed by atoms with E-state index < -0.39 is 0 Å². The highest BCUT2D eigenvalue weighted by Crippen LogP contribution is 2.26. The van der Waals surface area contributed by atoms with Gasteiger partial charge in [-0.2, -0.15) is 0 Å². The molecule has 3 heterocycles. The summed E-state index contributed by atoms with van der Waals surface area (Å²) >= 11 is 1.69. The molecule has 2 aliphatic heterocycles. The zero-order chi connectivity index (χ0) is 13.2. The van der Waals surface area contributed by atoms with Gasteiger partial charge in [-0.05, 0) is 31.6 Å². The summed E-state index contributed by atoms with van der Waals surface area (Å²) in [5, 5.41) is 6.62. The number of likely N-dealkylation sites (tertiary alicyclic amines) is 1. The van der Waals surface area contributed by atoms with Crippen LogP contribution >= 0.6 is 11.3 Å². The Hall–Kier alpha value is -0.940. The van der Waals surface area contributed by atoms with Crippen molar-refractivity contribution in [3.8, 4) is 0 Å². The number of amides is 1. The molecule has 0 bridgehead atoms. The Morgan fingerprint density at radius 2 is 2.21 bits per heavy atom. The first kappa shape index (κ1) is 13.1. The molecule has 1 N–H and O–H groups in total. The average Bonchev–Trinajstić information content (AvgIpc) is 3.03. The van der Waals surface area contributed by atoms with Gasteiger partial charge in [0.25, 0.3) is 0 Å². The number of fused-ring (bicyclic) bond motifs is 1. The van der Waals surface area contributed by atoms with Gasteiger partial charge in [-0.15, -0.1) is 11.3 Å². The predicted octanol–water partition coefficient (Wildman–Crippen LogP) is 1.45. The fourth-order valence-electron chi connectivity index (χ4n) is 3.16. The van der Waals surface area contributed by atoms with Crippen LogP contribution in [0.15, 0.2) is 5.38 Å². The Labute approximate surface area is 118 Å². The Kier molecular flexibility index (Phi) is 3.84. The van der Waals surface area contributed by atoms with Crippen molar-refractivity contribution in [2.75, 3.05) is 26.2 Å². The van der Waals surface area contributed by atoms with Crippen LogP contribution in [-0.4, -0.2) is 42.0 Å². The summed E-state index contributed by atoms with van der Waals surface area (Å²) in [7, 11) is 0. The molecule has 0 aliphatic carbocycles. The molecule has 19 heavy (non-hydrogen) atoms. The number of carbonyl (C=O) groups is 1. The van der Waals surface area contributed by atoms with Crippen LogP contribution in [0.3, 0.4) is 0 Å². The molecule has 104 valence electrons. The fourth-order valence-corrected chi connectivity index (χ4v) is 3.81. The molecule has 1 aromatic heterocycles. The van der Waals surface area contributed by atoms with Gasteiger partial charge in [0.05, 0.1) is 10.7 Å². The fraction of sp³-hybridized carbons (Fsp3) is 0.714. The van der Waals surface area contributed by atoms with Crippen molar-refractivity contribution in [2.45, 2.75) is 26.2 Å². The third kappa shape index (κ3) is 2.98. The number of thiazole rings is 1. The Bertz CT molecular complexity index is 447. The lowest BCUT2D eigenvalue weighted by molar-refractivity contribution is -0.130. The second-order valence-electron chi connectivity index (χ2n) is 5.69. The van der Waals surface area contributed by atoms with Gasteiger partial charge in [-0.25, -0.2) is 4.98 Å². The highest BCUT2D eigenvalue weighted by atomic mass is 32.1. The molecule has 2 saturated heterocycles. The van der Waals surface area contributed by atoms with Crippen LogP contribution in [0.4, 0.5) is 0 Å². The Morgan fingerprint density at radius 3 is 2.84 bits per heavy atom. The molecular formula is C14H21N3OS. The standard InChI is InChI=1S/C14H21N3OS/c1-10-16-13(9-19-10)3-2-4-14(18)17-7-11-5-15-6-12(11)8-17/h9,11-12,15H,2-8H2,1H3/t11-,12+. The van der Waals surface area contributed by atoms with Gasteiger partial charge in [-0.1, -0.05) is 0 Å². The van der Waals surface area contributed by atoms with Crippen molar-refractivity contribution >= 4 is 17.2 Å². The lowest BCUT2D eigenvalue weighted by Gasteiger charge is -2.17. The number of rotatable bonds is 4. The van der Waals surface area contributed by atoms with E-state index in [1.165, 1.54) is 0 Å². The van der Waals surface area contributed by atoms with Gasteiger partial charge in [0.2, 0.25) is 5.91 Å². The minimum absolute atomic E-state index is 0.335. The topological polar surface area (TPSA) is 45.2 Å². The molecule has 0 aromatic carbocycles. The first-order chi connectivity index (χ1) is 9.22. The quantitative estimate of drug-likeness (QED) is 0.907. The number of aryl methyl sites for hydroxylation is 2. The lowest BCUT2D eigenvalue weighted by Crippen LogP contribution is -2.31. The molecular weight excluding hydrogens is 258 g/mol. The molecule has 1 aromatic rings. The summed E-state index contributed by atoms with van der Waals surface area (Å²) in [6.45, 7) is 6.13. The van der Waals surface area contributed by atoms with E-state index in [9.17, 15) is 4.79 Å². The third-order valence-electron chi connectivity index (χ3n) is 4.23. The number of carbonyl (C=O) groups excluding carboxylic acids is 1. The second-order valence-corrected chi connectivity index (χ2v) is 6.75. The van der Waals surface area contributed by atoms with Crippen LogP contribution in [0.5, 0.6) is 0 Å². The number of aromatic nitrogens is 1. The summed E-state index contributed by atoms with van der Waals surface area (Å²) in [5.41, 5.74) is 1.14. The van der Waals surface area contributed by atoms with E-state index in [1.54, 1.807) is 11.3 Å². The maximum atomic E-state index is 12.2. The molecule has 0 radical (unpaired) electrons. The van der Waals surface area contributed by atoms with Crippen LogP contribution in [0.2, 0.25) is 0 Å². The summed E-state index contributed by atoms with van der Waals surface area (Å²) in [5.74, 6) is 1.73. The molecule has 0 saturated carbocycles. The van der Waals surface area contributed by atoms with Crippen molar-refractivity contribution < 1.29 is 4.79 Å². The molecule has 2 aliphatic rings. The third-order valence-corrected chi connectivity index (χ3v) is 5.05. The Balaban J connectivity index is 1.42. The summed E-state index contributed by atoms with van der Waals surface area (Å²) < 4.78 is 0. The zero-order valence-corrected chi connectivity index (χ0v) is 12.2. The first-order valence-corrected chi connectivity index (χ1v) is 8.00. The predicted molar refractivity (Wildman–Crippen MR) is 76.2 cm³/mol. The Morgan fingerprint density at radius 1 is 1.47 bits per heavy atom. The largest absolute Gasteiger partial charge is 0.342 e. The molecule has 0 unspecified atom stereocenters. The van der Waals surface area contributed by atoms with Crippen molar-refractivity contribution in [2.24, 2.45) is 11.8 Å². The van der Waals surface area contributed by atoms with E-state index in [-0.39, 0.29) is 0 Å². The molecule has 0 spiro atoms. The molecule has 3 rings (SSSR count). The molecule has 2 fully saturated rings. The van der Waals surface area contributed by atoms with Crippen molar-refractivity contribution in [1.29, 1.82) is 0 Å². The normalized spacial score (nSPS) is 25.8. The van der Waals surface area contributed by atoms with Gasteiger partial charge in [0, 0.05) is 38.0 Å². The minimum Gasteiger partial charge on any atom is -0.342 e. The highest BCUT2D eigenvalue weighted by Gasteiger charge is 2.37. The monoisotopic (exact) mass is 279 g/mol. The van der Waals surface area contributed by atoms with Gasteiger partial charge >= 0.3 is 0 Å². The maximum Gasteiger partial charge on any atom is 0.222 e. The van der Waals surface area contributed by atoms with Gasteiger partial charge < -0.3 is 10.2 Å². The van der Waals surface area contributed by atoms with Gasteiger partial charge in [0.15, 0.2) is 0 Å². The number of hydrogen-bond acceptors (Lipinski definition) is 4. The van der Waals surface area contributed by atoms with E-state index in [1.807, 2.05) is 6.92 Å². The molecule has 2 atom stereocenters. The first-order valence-electron chi connectivity index (χ1n) is 7.12. The molecule has 4 nitrogen and oxygen atoms in total. The zero-order valence-electron chi connectivity index (χ0n) is 11.4. The van der Waals surface area contributed by atoms with E-state index in [0.29, 0.717) is 24.2 Å². The number of nitrogens with zero attached hydrogens (tertiary/aromatic N) is 2. The summed E-state index contributed by atoms with van der Waals surface area (Å²) in [6, 6.07) is 0. The highest BCUT2D eigenvalue weighted by molar-refractivity contribution is 7.09. The van der Waals surface area contributed by atoms with E-state index >= 15 is 0 Å². The number of nitrogens with one attached hydrogen (secondary N) is 1. The van der Waals surface area contributed by atoms with E-state index in [4.69, 9.17) is 0 Å². The van der Waals surface area contributed by atoms with Crippen molar-refractivity contribution in [1.82, 2.24) is 15.2 Å². The summed E-state index contributed by atoms with van der Waals surface area (Å²) in [6.07, 6.45) is 2.52. The smallest absolute Gasteiger partial charge is 0.222 e. The van der Waals surface area contributed by atoms with Crippen LogP contribution in [0, 0.1) is 18.8 Å². The van der Waals surface area contributed by atoms with Crippen LogP contribution in [0.1, 0.15) is 23.5 Å². The molecule has 1 amide bonds. The number of hydrogen-bond donors (Lipinski definition) is 1. The van der Waals surface area contributed by atoms with Crippen molar-refractivity contribution in [3.63, 3.8) is 0 Å². The van der Waals surface area contributed by atoms with Crippen molar-refractivity contribution in [3.05, 3.63) is 16.1 Å². The van der Waals surface area contributed by atoms with Crippen LogP contribution < -0.4 is 5.32 Å². The maximum absolute atomic E-state index is 12.2. The van der Waals surface area contributed by atoms with Crippen LogP contribution in [0.25, 0.3) is 0 Å². The minimum atomic E-state index is 0.335. The van der Waals surface area contributed by atoms with Crippen LogP contribution in [-0.2, 0) is 11.2 Å². The van der Waals surface area contributed by atoms with Gasteiger partial charge in [0.1, 0.15) is 0 Å². The van der Waals surface area contributed by atoms with E-state index in [0.717, 1.165) is 49.7 Å². The van der Waals surface area contributed by atoms with E-state index in [2.05, 4.69) is 20.6 Å². The second kappa shape index (κ2) is 5.59. The van der Waals surface area contributed by atoms with Gasteiger partial charge in [-0.3, -0.25) is 4.79 Å². The lowest BCUT2D eigenvalue weighted by atomic mass is 10.0.